The van der Waals surface area contributed by atoms with E-state index in [0.29, 0.717) is 0 Å². The molecule has 1 heteroatoms. The van der Waals surface area contributed by atoms with E-state index in [1.54, 1.807) is 0 Å². The van der Waals surface area contributed by atoms with Crippen LogP contribution in [0.15, 0.2) is 95.4 Å². The molecule has 0 spiro atoms. The first-order valence-electron chi connectivity index (χ1n) is 9.66. The fraction of sp³-hybridized carbons (Fsp3) is 0.154. The summed E-state index contributed by atoms with van der Waals surface area (Å²) in [6, 6.07) is 31.8. The van der Waals surface area contributed by atoms with Gasteiger partial charge in [-0.2, -0.15) is 0 Å². The average Bonchev–Trinajstić information content (AvgIpc) is 3.08. The second-order valence-corrected chi connectivity index (χ2v) is 6.84. The molecule has 0 aliphatic rings. The molecule has 27 heavy (non-hydrogen) atoms. The van der Waals surface area contributed by atoms with E-state index < -0.39 is 0 Å². The molecule has 4 aromatic rings. The van der Waals surface area contributed by atoms with E-state index in [4.69, 9.17) is 4.42 Å². The normalized spacial score (nSPS) is 10.9. The lowest BCUT2D eigenvalue weighted by Gasteiger charge is -2.08. The minimum Gasteiger partial charge on any atom is -0.464 e. The molecule has 0 bridgehead atoms. The van der Waals surface area contributed by atoms with Gasteiger partial charge < -0.3 is 4.42 Å². The third-order valence-corrected chi connectivity index (χ3v) is 4.86. The van der Waals surface area contributed by atoms with Gasteiger partial charge in [0.05, 0.1) is 0 Å². The quantitative estimate of drug-likeness (QED) is 0.359. The SMILES string of the molecule is CCCc1oc(Cc2ccccc2)c(-c2ccccc2)c1-c1ccccc1. The highest BCUT2D eigenvalue weighted by Gasteiger charge is 2.22. The largest absolute Gasteiger partial charge is 0.464 e. The van der Waals surface area contributed by atoms with Gasteiger partial charge in [-0.25, -0.2) is 0 Å². The Labute approximate surface area is 161 Å². The third kappa shape index (κ3) is 3.73. The molecule has 0 aliphatic heterocycles. The van der Waals surface area contributed by atoms with Gasteiger partial charge in [-0.1, -0.05) is 97.9 Å². The van der Waals surface area contributed by atoms with Crippen molar-refractivity contribution >= 4 is 0 Å². The van der Waals surface area contributed by atoms with Crippen molar-refractivity contribution in [2.45, 2.75) is 26.2 Å². The summed E-state index contributed by atoms with van der Waals surface area (Å²) in [5.41, 5.74) is 6.19. The Morgan fingerprint density at radius 2 is 1.07 bits per heavy atom. The number of hydrogen-bond donors (Lipinski definition) is 0. The lowest BCUT2D eigenvalue weighted by molar-refractivity contribution is 0.472. The van der Waals surface area contributed by atoms with Gasteiger partial charge in [-0.15, -0.1) is 0 Å². The van der Waals surface area contributed by atoms with E-state index >= 15 is 0 Å². The minimum atomic E-state index is 0.800. The van der Waals surface area contributed by atoms with E-state index in [2.05, 4.69) is 97.9 Å². The molecule has 3 aromatic carbocycles. The summed E-state index contributed by atoms with van der Waals surface area (Å²) in [5, 5.41) is 0. The Morgan fingerprint density at radius 1 is 0.593 bits per heavy atom. The molecule has 0 aliphatic carbocycles. The lowest BCUT2D eigenvalue weighted by atomic mass is 9.92. The lowest BCUT2D eigenvalue weighted by Crippen LogP contribution is -1.90. The third-order valence-electron chi connectivity index (χ3n) is 4.86. The fourth-order valence-electron chi connectivity index (χ4n) is 3.66. The van der Waals surface area contributed by atoms with Crippen LogP contribution in [-0.4, -0.2) is 0 Å². The molecule has 0 atom stereocenters. The number of aryl methyl sites for hydroxylation is 1. The van der Waals surface area contributed by atoms with Crippen molar-refractivity contribution in [3.8, 4) is 22.3 Å². The highest BCUT2D eigenvalue weighted by molar-refractivity contribution is 5.86. The van der Waals surface area contributed by atoms with Crippen LogP contribution in [0.2, 0.25) is 0 Å². The van der Waals surface area contributed by atoms with Crippen LogP contribution in [0, 0.1) is 0 Å². The molecule has 0 amide bonds. The van der Waals surface area contributed by atoms with Gasteiger partial charge in [0.15, 0.2) is 0 Å². The van der Waals surface area contributed by atoms with Gasteiger partial charge in [0.2, 0.25) is 0 Å². The van der Waals surface area contributed by atoms with E-state index in [-0.39, 0.29) is 0 Å². The van der Waals surface area contributed by atoms with Crippen molar-refractivity contribution < 1.29 is 4.42 Å². The van der Waals surface area contributed by atoms with Crippen molar-refractivity contribution in [3.63, 3.8) is 0 Å². The highest BCUT2D eigenvalue weighted by Crippen LogP contribution is 2.41. The van der Waals surface area contributed by atoms with Gasteiger partial charge in [-0.3, -0.25) is 0 Å². The van der Waals surface area contributed by atoms with E-state index in [1.165, 1.54) is 27.8 Å². The Balaban J connectivity index is 1.93. The second kappa shape index (κ2) is 8.09. The summed E-state index contributed by atoms with van der Waals surface area (Å²) >= 11 is 0. The zero-order valence-electron chi connectivity index (χ0n) is 15.7. The Bertz CT molecular complexity index is 983. The van der Waals surface area contributed by atoms with Crippen LogP contribution in [0.25, 0.3) is 22.3 Å². The first-order valence-corrected chi connectivity index (χ1v) is 9.66. The number of benzene rings is 3. The number of rotatable bonds is 6. The summed E-state index contributed by atoms with van der Waals surface area (Å²) < 4.78 is 6.50. The Kier molecular flexibility index (Phi) is 5.20. The highest BCUT2D eigenvalue weighted by atomic mass is 16.3. The molecule has 1 nitrogen and oxygen atoms in total. The minimum absolute atomic E-state index is 0.800. The monoisotopic (exact) mass is 352 g/mol. The van der Waals surface area contributed by atoms with Crippen LogP contribution in [0.3, 0.4) is 0 Å². The predicted molar refractivity (Wildman–Crippen MR) is 113 cm³/mol. The van der Waals surface area contributed by atoms with Crippen LogP contribution >= 0.6 is 0 Å². The maximum atomic E-state index is 6.50. The van der Waals surface area contributed by atoms with Crippen molar-refractivity contribution in [1.29, 1.82) is 0 Å². The summed E-state index contributed by atoms with van der Waals surface area (Å²) in [7, 11) is 0. The summed E-state index contributed by atoms with van der Waals surface area (Å²) in [6.07, 6.45) is 2.81. The molecule has 0 saturated heterocycles. The molecular weight excluding hydrogens is 328 g/mol. The van der Waals surface area contributed by atoms with Crippen LogP contribution in [0.5, 0.6) is 0 Å². The standard InChI is InChI=1S/C26H24O/c1-2-12-23-25(21-15-8-4-9-16-21)26(22-17-10-5-11-18-22)24(27-23)19-20-13-6-3-7-14-20/h3-11,13-18H,2,12,19H2,1H3. The van der Waals surface area contributed by atoms with Crippen LogP contribution in [0.1, 0.15) is 30.4 Å². The van der Waals surface area contributed by atoms with Gasteiger partial charge in [0.1, 0.15) is 11.5 Å². The topological polar surface area (TPSA) is 13.1 Å². The molecule has 0 saturated carbocycles. The molecule has 4 rings (SSSR count). The molecule has 0 fully saturated rings. The zero-order valence-corrected chi connectivity index (χ0v) is 15.7. The van der Waals surface area contributed by atoms with Crippen LogP contribution < -0.4 is 0 Å². The molecule has 0 N–H and O–H groups in total. The first kappa shape index (κ1) is 17.4. The van der Waals surface area contributed by atoms with Crippen molar-refractivity contribution in [1.82, 2.24) is 0 Å². The van der Waals surface area contributed by atoms with Gasteiger partial charge in [-0.05, 0) is 23.1 Å². The van der Waals surface area contributed by atoms with Crippen LogP contribution in [-0.2, 0) is 12.8 Å². The second-order valence-electron chi connectivity index (χ2n) is 6.84. The average molecular weight is 352 g/mol. The molecule has 134 valence electrons. The summed E-state index contributed by atoms with van der Waals surface area (Å²) in [6.45, 7) is 2.20. The first-order chi connectivity index (χ1) is 13.4. The Morgan fingerprint density at radius 3 is 1.59 bits per heavy atom. The van der Waals surface area contributed by atoms with Crippen molar-refractivity contribution in [2.75, 3.05) is 0 Å². The Hall–Kier alpha value is -3.06. The number of furan rings is 1. The summed E-state index contributed by atoms with van der Waals surface area (Å²) in [4.78, 5) is 0. The van der Waals surface area contributed by atoms with E-state index in [0.717, 1.165) is 30.8 Å². The smallest absolute Gasteiger partial charge is 0.117 e. The van der Waals surface area contributed by atoms with Gasteiger partial charge in [0.25, 0.3) is 0 Å². The van der Waals surface area contributed by atoms with Crippen molar-refractivity contribution in [3.05, 3.63) is 108 Å². The van der Waals surface area contributed by atoms with Crippen LogP contribution in [0.4, 0.5) is 0 Å². The van der Waals surface area contributed by atoms with E-state index in [1.807, 2.05) is 0 Å². The molecule has 1 heterocycles. The number of hydrogen-bond acceptors (Lipinski definition) is 1. The van der Waals surface area contributed by atoms with E-state index in [9.17, 15) is 0 Å². The van der Waals surface area contributed by atoms with Gasteiger partial charge in [0, 0.05) is 24.0 Å². The molecule has 1 aromatic heterocycles. The van der Waals surface area contributed by atoms with Gasteiger partial charge >= 0.3 is 0 Å². The molecule has 0 radical (unpaired) electrons. The maximum absolute atomic E-state index is 6.50. The van der Waals surface area contributed by atoms with Crippen molar-refractivity contribution in [2.24, 2.45) is 0 Å². The predicted octanol–water partition coefficient (Wildman–Crippen LogP) is 7.16. The maximum Gasteiger partial charge on any atom is 0.117 e. The zero-order chi connectivity index (χ0) is 18.5. The molecular formula is C26H24O. The summed E-state index contributed by atoms with van der Waals surface area (Å²) in [5.74, 6) is 2.14. The molecule has 0 unspecified atom stereocenters. The fourth-order valence-corrected chi connectivity index (χ4v) is 3.66.